The van der Waals surface area contributed by atoms with Crippen LogP contribution < -0.4 is 4.74 Å². The Kier molecular flexibility index (Phi) is 3.34. The van der Waals surface area contributed by atoms with Gasteiger partial charge in [-0.3, -0.25) is 4.68 Å². The van der Waals surface area contributed by atoms with Gasteiger partial charge < -0.3 is 9.84 Å². The van der Waals surface area contributed by atoms with Crippen LogP contribution in [0, 0.1) is 0 Å². The van der Waals surface area contributed by atoms with E-state index in [4.69, 9.17) is 5.11 Å². The molecule has 14 heavy (non-hydrogen) atoms. The van der Waals surface area contributed by atoms with Crippen molar-refractivity contribution in [1.82, 2.24) is 9.78 Å². The molecule has 1 N–H and O–H groups in total. The topological polar surface area (TPSA) is 47.3 Å². The summed E-state index contributed by atoms with van der Waals surface area (Å²) in [6.07, 6.45) is -2.93. The third kappa shape index (κ3) is 3.65. The number of aliphatic hydroxyl groups is 1. The number of aromatic nitrogens is 2. The van der Waals surface area contributed by atoms with Gasteiger partial charge in [0.1, 0.15) is 0 Å². The summed E-state index contributed by atoms with van der Waals surface area (Å²) in [6.45, 7) is -1.25. The van der Waals surface area contributed by atoms with Crippen LogP contribution in [0.1, 0.15) is 0 Å². The highest BCUT2D eigenvalue weighted by Gasteiger charge is 2.28. The SMILES string of the molecule is OCCn1ccc(OCC(F)(F)F)n1. The molecule has 1 aromatic heterocycles. The van der Waals surface area contributed by atoms with E-state index >= 15 is 0 Å². The summed E-state index contributed by atoms with van der Waals surface area (Å²) in [6, 6.07) is 1.31. The fourth-order valence-corrected chi connectivity index (χ4v) is 0.803. The van der Waals surface area contributed by atoms with Crippen molar-refractivity contribution < 1.29 is 23.0 Å². The highest BCUT2D eigenvalue weighted by atomic mass is 19.4. The predicted molar refractivity (Wildman–Crippen MR) is 40.9 cm³/mol. The van der Waals surface area contributed by atoms with Gasteiger partial charge in [0.05, 0.1) is 13.2 Å². The molecule has 0 bridgehead atoms. The van der Waals surface area contributed by atoms with E-state index in [9.17, 15) is 13.2 Å². The molecule has 0 amide bonds. The van der Waals surface area contributed by atoms with Crippen LogP contribution in [0.15, 0.2) is 12.3 Å². The Morgan fingerprint density at radius 1 is 1.50 bits per heavy atom. The first kappa shape index (κ1) is 10.8. The maximum atomic E-state index is 11.7. The maximum absolute atomic E-state index is 11.7. The van der Waals surface area contributed by atoms with E-state index in [-0.39, 0.29) is 19.0 Å². The molecule has 7 heteroatoms. The number of aliphatic hydroxyl groups excluding tert-OH is 1. The zero-order valence-corrected chi connectivity index (χ0v) is 7.16. The molecule has 0 fully saturated rings. The predicted octanol–water partition coefficient (Wildman–Crippen LogP) is 0.817. The standard InChI is InChI=1S/C7H9F3N2O2/c8-7(9,10)5-14-6-1-2-12(11-6)3-4-13/h1-2,13H,3-5H2. The average Bonchev–Trinajstić information content (AvgIpc) is 2.49. The smallest absolute Gasteiger partial charge is 0.422 e. The number of nitrogens with zero attached hydrogens (tertiary/aromatic N) is 2. The minimum absolute atomic E-state index is 0.101. The van der Waals surface area contributed by atoms with Crippen molar-refractivity contribution in [2.45, 2.75) is 12.7 Å². The Labute approximate surface area is 77.9 Å². The Hall–Kier alpha value is -1.24. The van der Waals surface area contributed by atoms with Crippen LogP contribution in [0.25, 0.3) is 0 Å². The number of ether oxygens (including phenoxy) is 1. The number of rotatable bonds is 4. The van der Waals surface area contributed by atoms with E-state index in [1.54, 1.807) is 0 Å². The molecule has 0 unspecified atom stereocenters. The summed E-state index contributed by atoms with van der Waals surface area (Å²) in [4.78, 5) is 0. The Morgan fingerprint density at radius 2 is 2.21 bits per heavy atom. The van der Waals surface area contributed by atoms with Crippen LogP contribution in [-0.2, 0) is 6.54 Å². The number of hydrogen-bond donors (Lipinski definition) is 1. The molecule has 0 radical (unpaired) electrons. The lowest BCUT2D eigenvalue weighted by atomic mass is 10.6. The fraction of sp³-hybridized carbons (Fsp3) is 0.571. The summed E-state index contributed by atoms with van der Waals surface area (Å²) >= 11 is 0. The number of alkyl halides is 3. The molecule has 0 atom stereocenters. The molecule has 0 saturated carbocycles. The van der Waals surface area contributed by atoms with Crippen LogP contribution in [0.2, 0.25) is 0 Å². The molecule has 0 aliphatic carbocycles. The van der Waals surface area contributed by atoms with Crippen molar-refractivity contribution in [3.63, 3.8) is 0 Å². The van der Waals surface area contributed by atoms with E-state index in [0.717, 1.165) is 0 Å². The second kappa shape index (κ2) is 4.32. The van der Waals surface area contributed by atoms with Gasteiger partial charge in [-0.05, 0) is 0 Å². The first-order valence-corrected chi connectivity index (χ1v) is 3.85. The second-order valence-corrected chi connectivity index (χ2v) is 2.54. The van der Waals surface area contributed by atoms with Gasteiger partial charge in [-0.1, -0.05) is 0 Å². The summed E-state index contributed by atoms with van der Waals surface area (Å²) in [5.74, 6) is -0.101. The zero-order chi connectivity index (χ0) is 10.6. The monoisotopic (exact) mass is 210 g/mol. The lowest BCUT2D eigenvalue weighted by Crippen LogP contribution is -2.19. The lowest BCUT2D eigenvalue weighted by molar-refractivity contribution is -0.154. The molecule has 0 spiro atoms. The first-order chi connectivity index (χ1) is 6.51. The highest BCUT2D eigenvalue weighted by molar-refractivity contribution is 5.05. The minimum Gasteiger partial charge on any atom is -0.467 e. The van der Waals surface area contributed by atoms with Crippen LogP contribution in [0.3, 0.4) is 0 Å². The molecule has 1 rings (SSSR count). The molecule has 0 aliphatic heterocycles. The molecule has 1 aromatic rings. The molecular formula is C7H9F3N2O2. The molecule has 0 saturated heterocycles. The Bertz CT molecular complexity index is 285. The van der Waals surface area contributed by atoms with Gasteiger partial charge in [0.2, 0.25) is 5.88 Å². The van der Waals surface area contributed by atoms with Crippen LogP contribution in [0.4, 0.5) is 13.2 Å². The molecule has 80 valence electrons. The van der Waals surface area contributed by atoms with Crippen molar-refractivity contribution in [2.24, 2.45) is 0 Å². The van der Waals surface area contributed by atoms with Crippen molar-refractivity contribution in [2.75, 3.05) is 13.2 Å². The van der Waals surface area contributed by atoms with Gasteiger partial charge in [0.15, 0.2) is 6.61 Å². The fourth-order valence-electron chi connectivity index (χ4n) is 0.803. The number of halogens is 3. The van der Waals surface area contributed by atoms with E-state index in [2.05, 4.69) is 9.84 Å². The highest BCUT2D eigenvalue weighted by Crippen LogP contribution is 2.16. The maximum Gasteiger partial charge on any atom is 0.422 e. The Morgan fingerprint density at radius 3 is 2.79 bits per heavy atom. The van der Waals surface area contributed by atoms with Gasteiger partial charge in [0, 0.05) is 12.3 Å². The summed E-state index contributed by atoms with van der Waals surface area (Å²) in [5.41, 5.74) is 0. The Balaban J connectivity index is 2.44. The molecule has 0 aromatic carbocycles. The molecule has 0 aliphatic rings. The van der Waals surface area contributed by atoms with Crippen molar-refractivity contribution in [1.29, 1.82) is 0 Å². The van der Waals surface area contributed by atoms with Gasteiger partial charge in [0.25, 0.3) is 0 Å². The molecule has 4 nitrogen and oxygen atoms in total. The second-order valence-electron chi connectivity index (χ2n) is 2.54. The zero-order valence-electron chi connectivity index (χ0n) is 7.16. The molecular weight excluding hydrogens is 201 g/mol. The van der Waals surface area contributed by atoms with Crippen LogP contribution in [-0.4, -0.2) is 34.3 Å². The normalized spacial score (nSPS) is 11.7. The van der Waals surface area contributed by atoms with E-state index in [0.29, 0.717) is 0 Å². The van der Waals surface area contributed by atoms with E-state index < -0.39 is 12.8 Å². The van der Waals surface area contributed by atoms with Gasteiger partial charge >= 0.3 is 6.18 Å². The van der Waals surface area contributed by atoms with E-state index in [1.807, 2.05) is 0 Å². The lowest BCUT2D eigenvalue weighted by Gasteiger charge is -2.05. The minimum atomic E-state index is -4.36. The van der Waals surface area contributed by atoms with Crippen molar-refractivity contribution >= 4 is 0 Å². The van der Waals surface area contributed by atoms with Gasteiger partial charge in [-0.15, -0.1) is 5.10 Å². The van der Waals surface area contributed by atoms with Crippen molar-refractivity contribution in [3.05, 3.63) is 12.3 Å². The van der Waals surface area contributed by atoms with Crippen LogP contribution >= 0.6 is 0 Å². The largest absolute Gasteiger partial charge is 0.467 e. The third-order valence-electron chi connectivity index (χ3n) is 1.33. The quantitative estimate of drug-likeness (QED) is 0.800. The van der Waals surface area contributed by atoms with E-state index in [1.165, 1.54) is 16.9 Å². The summed E-state index contributed by atoms with van der Waals surface area (Å²) in [7, 11) is 0. The van der Waals surface area contributed by atoms with Gasteiger partial charge in [-0.25, -0.2) is 0 Å². The van der Waals surface area contributed by atoms with Crippen molar-refractivity contribution in [3.8, 4) is 5.88 Å². The van der Waals surface area contributed by atoms with Gasteiger partial charge in [-0.2, -0.15) is 13.2 Å². The first-order valence-electron chi connectivity index (χ1n) is 3.85. The third-order valence-corrected chi connectivity index (χ3v) is 1.33. The summed E-state index contributed by atoms with van der Waals surface area (Å²) in [5, 5.41) is 12.1. The van der Waals surface area contributed by atoms with Crippen LogP contribution in [0.5, 0.6) is 5.88 Å². The average molecular weight is 210 g/mol. The number of hydrogen-bond acceptors (Lipinski definition) is 3. The molecule has 1 heterocycles. The summed E-state index contributed by atoms with van der Waals surface area (Å²) < 4.78 is 40.7.